The molecule has 1 fully saturated rings. The van der Waals surface area contributed by atoms with Gasteiger partial charge in [-0.25, -0.2) is 4.79 Å². The number of amides is 3. The Labute approximate surface area is 93.1 Å². The van der Waals surface area contributed by atoms with Gasteiger partial charge in [-0.15, -0.1) is 0 Å². The standard InChI is InChI=1S/C10H13N3O3/c1-7-8-5-12(3-4-14)10(16)13(8)6-9(15)11(7)2/h4H,3,5-6H2,1-2H3. The summed E-state index contributed by atoms with van der Waals surface area (Å²) in [5, 5.41) is 0. The zero-order valence-electron chi connectivity index (χ0n) is 9.27. The predicted octanol–water partition coefficient (Wildman–Crippen LogP) is -0.374. The van der Waals surface area contributed by atoms with Crippen molar-refractivity contribution < 1.29 is 14.4 Å². The van der Waals surface area contributed by atoms with Crippen LogP contribution < -0.4 is 0 Å². The molecule has 16 heavy (non-hydrogen) atoms. The van der Waals surface area contributed by atoms with E-state index in [1.165, 1.54) is 9.80 Å². The van der Waals surface area contributed by atoms with Crippen LogP contribution in [0.3, 0.4) is 0 Å². The van der Waals surface area contributed by atoms with Gasteiger partial charge >= 0.3 is 6.03 Å². The third kappa shape index (κ3) is 1.37. The number of rotatable bonds is 2. The first kappa shape index (κ1) is 10.7. The molecule has 6 nitrogen and oxygen atoms in total. The highest BCUT2D eigenvalue weighted by Crippen LogP contribution is 2.26. The van der Waals surface area contributed by atoms with E-state index in [4.69, 9.17) is 0 Å². The molecule has 0 spiro atoms. The van der Waals surface area contributed by atoms with Crippen molar-refractivity contribution in [3.63, 3.8) is 0 Å². The van der Waals surface area contributed by atoms with Crippen LogP contribution in [0.2, 0.25) is 0 Å². The molecule has 0 unspecified atom stereocenters. The van der Waals surface area contributed by atoms with Crippen molar-refractivity contribution >= 4 is 18.2 Å². The fourth-order valence-corrected chi connectivity index (χ4v) is 1.95. The second-order valence-electron chi connectivity index (χ2n) is 3.90. The molecule has 3 amide bonds. The molecular formula is C10H13N3O3. The van der Waals surface area contributed by atoms with E-state index in [1.807, 2.05) is 0 Å². The topological polar surface area (TPSA) is 60.9 Å². The largest absolute Gasteiger partial charge is 0.325 e. The Kier molecular flexibility index (Phi) is 2.41. The summed E-state index contributed by atoms with van der Waals surface area (Å²) in [5.74, 6) is -0.109. The average molecular weight is 223 g/mol. The van der Waals surface area contributed by atoms with Gasteiger partial charge < -0.3 is 14.6 Å². The number of hydrogen-bond donors (Lipinski definition) is 0. The second kappa shape index (κ2) is 3.62. The van der Waals surface area contributed by atoms with Crippen LogP contribution in [0, 0.1) is 0 Å². The maximum Gasteiger partial charge on any atom is 0.325 e. The van der Waals surface area contributed by atoms with E-state index in [0.717, 1.165) is 11.4 Å². The molecule has 0 N–H and O–H groups in total. The van der Waals surface area contributed by atoms with E-state index < -0.39 is 0 Å². The van der Waals surface area contributed by atoms with Gasteiger partial charge in [0, 0.05) is 12.7 Å². The molecule has 0 radical (unpaired) electrons. The number of allylic oxidation sites excluding steroid dienone is 1. The highest BCUT2D eigenvalue weighted by molar-refractivity contribution is 5.90. The SMILES string of the molecule is CC1=C2CN(CC=O)C(=O)N2CC(=O)N1C. The van der Waals surface area contributed by atoms with Crippen molar-refractivity contribution in [3.8, 4) is 0 Å². The van der Waals surface area contributed by atoms with Gasteiger partial charge in [0.05, 0.1) is 18.8 Å². The molecule has 0 aliphatic carbocycles. The molecule has 1 saturated heterocycles. The molecule has 2 heterocycles. The fraction of sp³-hybridized carbons (Fsp3) is 0.500. The van der Waals surface area contributed by atoms with Gasteiger partial charge in [-0.05, 0) is 6.92 Å². The van der Waals surface area contributed by atoms with Crippen molar-refractivity contribution in [2.24, 2.45) is 0 Å². The smallest absolute Gasteiger partial charge is 0.316 e. The molecule has 86 valence electrons. The highest BCUT2D eigenvalue weighted by Gasteiger charge is 2.39. The molecule has 2 aliphatic rings. The minimum atomic E-state index is -0.261. The van der Waals surface area contributed by atoms with Crippen LogP contribution >= 0.6 is 0 Å². The maximum atomic E-state index is 11.8. The number of hydrogen-bond acceptors (Lipinski definition) is 3. The van der Waals surface area contributed by atoms with E-state index in [0.29, 0.717) is 12.8 Å². The monoisotopic (exact) mass is 223 g/mol. The van der Waals surface area contributed by atoms with Crippen LogP contribution in [-0.4, -0.2) is 59.6 Å². The molecule has 0 aromatic carbocycles. The normalized spacial score (nSPS) is 20.8. The van der Waals surface area contributed by atoms with E-state index in [-0.39, 0.29) is 25.0 Å². The molecule has 0 aromatic heterocycles. The van der Waals surface area contributed by atoms with Crippen LogP contribution in [0.5, 0.6) is 0 Å². The van der Waals surface area contributed by atoms with Crippen molar-refractivity contribution in [3.05, 3.63) is 11.4 Å². The van der Waals surface area contributed by atoms with Gasteiger partial charge in [-0.1, -0.05) is 0 Å². The first-order valence-corrected chi connectivity index (χ1v) is 5.02. The van der Waals surface area contributed by atoms with Crippen LogP contribution in [0.1, 0.15) is 6.92 Å². The van der Waals surface area contributed by atoms with Gasteiger partial charge in [0.15, 0.2) is 0 Å². The van der Waals surface area contributed by atoms with Gasteiger partial charge in [-0.3, -0.25) is 9.69 Å². The van der Waals surface area contributed by atoms with Crippen LogP contribution in [0.25, 0.3) is 0 Å². The lowest BCUT2D eigenvalue weighted by molar-refractivity contribution is -0.129. The quantitative estimate of drug-likeness (QED) is 0.600. The Hall–Kier alpha value is -1.85. The van der Waals surface area contributed by atoms with E-state index in [9.17, 15) is 14.4 Å². The Balaban J connectivity index is 2.33. The van der Waals surface area contributed by atoms with Gasteiger partial charge in [0.2, 0.25) is 5.91 Å². The summed E-state index contributed by atoms with van der Waals surface area (Å²) in [5.41, 5.74) is 1.59. The van der Waals surface area contributed by atoms with Crippen LogP contribution in [-0.2, 0) is 9.59 Å². The molecule has 0 aromatic rings. The molecule has 2 aliphatic heterocycles. The fourth-order valence-electron chi connectivity index (χ4n) is 1.95. The number of fused-ring (bicyclic) bond motifs is 1. The lowest BCUT2D eigenvalue weighted by Gasteiger charge is -2.30. The summed E-state index contributed by atoms with van der Waals surface area (Å²) < 4.78 is 0. The lowest BCUT2D eigenvalue weighted by atomic mass is 10.2. The summed E-state index contributed by atoms with van der Waals surface area (Å²) in [6, 6.07) is -0.261. The first-order valence-electron chi connectivity index (χ1n) is 5.02. The van der Waals surface area contributed by atoms with Crippen molar-refractivity contribution in [2.45, 2.75) is 6.92 Å². The third-order valence-electron chi connectivity index (χ3n) is 3.05. The predicted molar refractivity (Wildman–Crippen MR) is 55.2 cm³/mol. The molecular weight excluding hydrogens is 210 g/mol. The maximum absolute atomic E-state index is 11.8. The highest BCUT2D eigenvalue weighted by atomic mass is 16.2. The minimum absolute atomic E-state index is 0.0668. The van der Waals surface area contributed by atoms with Crippen molar-refractivity contribution in [1.29, 1.82) is 0 Å². The minimum Gasteiger partial charge on any atom is -0.316 e. The molecule has 0 saturated carbocycles. The first-order chi connectivity index (χ1) is 7.56. The molecule has 0 bridgehead atoms. The summed E-state index contributed by atoms with van der Waals surface area (Å²) in [7, 11) is 1.69. The lowest BCUT2D eigenvalue weighted by Crippen LogP contribution is -2.44. The number of aldehydes is 1. The summed E-state index contributed by atoms with van der Waals surface area (Å²) in [6.07, 6.45) is 0.692. The molecule has 6 heteroatoms. The van der Waals surface area contributed by atoms with Gasteiger partial charge in [-0.2, -0.15) is 0 Å². The number of urea groups is 1. The van der Waals surface area contributed by atoms with E-state index in [1.54, 1.807) is 18.9 Å². The Bertz CT molecular complexity index is 402. The van der Waals surface area contributed by atoms with Crippen LogP contribution in [0.15, 0.2) is 11.4 Å². The summed E-state index contributed by atoms with van der Waals surface area (Å²) in [4.78, 5) is 38.2. The van der Waals surface area contributed by atoms with Crippen molar-refractivity contribution in [1.82, 2.24) is 14.7 Å². The van der Waals surface area contributed by atoms with Crippen molar-refractivity contribution in [2.75, 3.05) is 26.7 Å². The number of likely N-dealkylation sites (N-methyl/N-ethyl adjacent to an activating group) is 1. The molecule has 2 rings (SSSR count). The number of nitrogens with zero attached hydrogens (tertiary/aromatic N) is 3. The van der Waals surface area contributed by atoms with E-state index in [2.05, 4.69) is 0 Å². The number of carbonyl (C=O) groups excluding carboxylic acids is 3. The summed E-state index contributed by atoms with van der Waals surface area (Å²) in [6.45, 7) is 2.35. The van der Waals surface area contributed by atoms with Gasteiger partial charge in [0.1, 0.15) is 12.8 Å². The zero-order valence-corrected chi connectivity index (χ0v) is 9.27. The molecule has 0 atom stereocenters. The summed E-state index contributed by atoms with van der Waals surface area (Å²) >= 11 is 0. The van der Waals surface area contributed by atoms with E-state index >= 15 is 0 Å². The van der Waals surface area contributed by atoms with Gasteiger partial charge in [0.25, 0.3) is 0 Å². The Morgan fingerprint density at radius 1 is 1.31 bits per heavy atom. The Morgan fingerprint density at radius 3 is 2.62 bits per heavy atom. The number of carbonyl (C=O) groups is 3. The zero-order chi connectivity index (χ0) is 11.9. The second-order valence-corrected chi connectivity index (χ2v) is 3.90. The average Bonchev–Trinajstić information content (AvgIpc) is 2.55. The Morgan fingerprint density at radius 2 is 2.00 bits per heavy atom. The van der Waals surface area contributed by atoms with Crippen LogP contribution in [0.4, 0.5) is 4.79 Å². The third-order valence-corrected chi connectivity index (χ3v) is 3.05.